The Balaban J connectivity index is 1.66. The van der Waals surface area contributed by atoms with Gasteiger partial charge in [0, 0.05) is 11.3 Å². The van der Waals surface area contributed by atoms with Crippen LogP contribution in [0.15, 0.2) is 35.0 Å². The molecule has 3 rings (SSSR count). The van der Waals surface area contributed by atoms with E-state index < -0.39 is 0 Å². The molecule has 1 amide bonds. The van der Waals surface area contributed by atoms with Crippen molar-refractivity contribution in [2.45, 2.75) is 39.3 Å². The second-order valence-corrected chi connectivity index (χ2v) is 5.80. The maximum atomic E-state index is 12.2. The van der Waals surface area contributed by atoms with Crippen LogP contribution < -0.4 is 5.32 Å². The van der Waals surface area contributed by atoms with E-state index in [9.17, 15) is 4.79 Å². The minimum Gasteiger partial charge on any atom is -0.343 e. The third-order valence-corrected chi connectivity index (χ3v) is 3.57. The number of hydrogen-bond acceptors (Lipinski definition) is 5. The van der Waals surface area contributed by atoms with E-state index >= 15 is 0 Å². The van der Waals surface area contributed by atoms with Crippen molar-refractivity contribution in [2.75, 3.05) is 0 Å². The smallest absolute Gasteiger partial charge is 0.248 e. The lowest BCUT2D eigenvalue weighted by molar-refractivity contribution is -0.122. The average molecular weight is 313 g/mol. The van der Waals surface area contributed by atoms with E-state index in [4.69, 9.17) is 4.52 Å². The Morgan fingerprint density at radius 2 is 2.09 bits per heavy atom. The van der Waals surface area contributed by atoms with Gasteiger partial charge in [-0.05, 0) is 13.0 Å². The lowest BCUT2D eigenvalue weighted by Crippen LogP contribution is -2.30. The molecule has 1 atom stereocenters. The van der Waals surface area contributed by atoms with Crippen LogP contribution in [0.1, 0.15) is 44.4 Å². The summed E-state index contributed by atoms with van der Waals surface area (Å²) in [4.78, 5) is 16.5. The van der Waals surface area contributed by atoms with E-state index in [0.717, 1.165) is 10.9 Å². The molecule has 0 saturated heterocycles. The number of para-hydroxylation sites is 1. The first-order chi connectivity index (χ1) is 11.0. The number of hydrogen-bond donors (Lipinski definition) is 1. The summed E-state index contributed by atoms with van der Waals surface area (Å²) in [7, 11) is 0. The van der Waals surface area contributed by atoms with E-state index in [1.165, 1.54) is 0 Å². The molecule has 0 radical (unpaired) electrons. The van der Waals surface area contributed by atoms with Gasteiger partial charge in [-0.2, -0.15) is 10.1 Å². The summed E-state index contributed by atoms with van der Waals surface area (Å²) in [5, 5.41) is 12.0. The van der Waals surface area contributed by atoms with Crippen molar-refractivity contribution in [1.29, 1.82) is 0 Å². The number of nitrogens with one attached hydrogen (secondary N) is 1. The highest BCUT2D eigenvalue weighted by Gasteiger charge is 2.18. The van der Waals surface area contributed by atoms with E-state index in [-0.39, 0.29) is 24.4 Å². The van der Waals surface area contributed by atoms with Crippen molar-refractivity contribution >= 4 is 16.8 Å². The Bertz CT molecular complexity index is 821. The van der Waals surface area contributed by atoms with Gasteiger partial charge in [-0.15, -0.1) is 0 Å². The van der Waals surface area contributed by atoms with Gasteiger partial charge < -0.3 is 9.84 Å². The zero-order valence-corrected chi connectivity index (χ0v) is 13.4. The van der Waals surface area contributed by atoms with E-state index in [0.29, 0.717) is 11.7 Å². The maximum absolute atomic E-state index is 12.2. The molecule has 0 aliphatic rings. The summed E-state index contributed by atoms with van der Waals surface area (Å²) in [6.45, 7) is 5.93. The van der Waals surface area contributed by atoms with Crippen molar-refractivity contribution in [3.63, 3.8) is 0 Å². The van der Waals surface area contributed by atoms with Crippen molar-refractivity contribution in [2.24, 2.45) is 0 Å². The standard InChI is InChI=1S/C16H19N5O2/c1-10(2)15-19-16(23-20-15)11(3)18-14(22)9-21-13-7-5-4-6-12(13)8-17-21/h4-8,10-11H,9H2,1-3H3,(H,18,22). The van der Waals surface area contributed by atoms with Gasteiger partial charge in [0.1, 0.15) is 12.6 Å². The highest BCUT2D eigenvalue weighted by atomic mass is 16.5. The van der Waals surface area contributed by atoms with Crippen LogP contribution in [0.2, 0.25) is 0 Å². The highest BCUT2D eigenvalue weighted by Crippen LogP contribution is 2.15. The van der Waals surface area contributed by atoms with Gasteiger partial charge in [0.25, 0.3) is 0 Å². The van der Waals surface area contributed by atoms with Gasteiger partial charge in [-0.3, -0.25) is 9.48 Å². The van der Waals surface area contributed by atoms with Gasteiger partial charge in [0.05, 0.1) is 11.7 Å². The molecule has 1 N–H and O–H groups in total. The fourth-order valence-electron chi connectivity index (χ4n) is 2.29. The second kappa shape index (κ2) is 6.20. The predicted molar refractivity (Wildman–Crippen MR) is 84.7 cm³/mol. The zero-order valence-electron chi connectivity index (χ0n) is 13.4. The van der Waals surface area contributed by atoms with E-state index in [2.05, 4.69) is 20.6 Å². The third-order valence-electron chi connectivity index (χ3n) is 3.57. The van der Waals surface area contributed by atoms with Gasteiger partial charge in [0.2, 0.25) is 11.8 Å². The molecule has 23 heavy (non-hydrogen) atoms. The Morgan fingerprint density at radius 3 is 2.83 bits per heavy atom. The van der Waals surface area contributed by atoms with Crippen LogP contribution in [0, 0.1) is 0 Å². The Kier molecular flexibility index (Phi) is 4.10. The summed E-state index contributed by atoms with van der Waals surface area (Å²) in [5.74, 6) is 1.08. The number of nitrogens with zero attached hydrogens (tertiary/aromatic N) is 4. The normalized spacial score (nSPS) is 12.7. The number of rotatable bonds is 5. The first kappa shape index (κ1) is 15.2. The largest absolute Gasteiger partial charge is 0.343 e. The lowest BCUT2D eigenvalue weighted by atomic mass is 10.2. The van der Waals surface area contributed by atoms with Crippen LogP contribution in [-0.4, -0.2) is 25.8 Å². The van der Waals surface area contributed by atoms with Crippen LogP contribution in [0.4, 0.5) is 0 Å². The number of carbonyl (C=O) groups is 1. The minimum absolute atomic E-state index is 0.142. The molecule has 0 aliphatic carbocycles. The highest BCUT2D eigenvalue weighted by molar-refractivity contribution is 5.82. The Morgan fingerprint density at radius 1 is 1.30 bits per heavy atom. The summed E-state index contributed by atoms with van der Waals surface area (Å²) >= 11 is 0. The van der Waals surface area contributed by atoms with Crippen molar-refractivity contribution in [3.8, 4) is 0 Å². The molecule has 0 fully saturated rings. The summed E-state index contributed by atoms with van der Waals surface area (Å²) in [6.07, 6.45) is 1.75. The van der Waals surface area contributed by atoms with Crippen LogP contribution in [0.5, 0.6) is 0 Å². The van der Waals surface area contributed by atoms with Crippen LogP contribution in [-0.2, 0) is 11.3 Å². The van der Waals surface area contributed by atoms with Crippen molar-refractivity contribution < 1.29 is 9.32 Å². The van der Waals surface area contributed by atoms with Crippen molar-refractivity contribution in [1.82, 2.24) is 25.2 Å². The zero-order chi connectivity index (χ0) is 16.4. The lowest BCUT2D eigenvalue weighted by Gasteiger charge is -2.10. The van der Waals surface area contributed by atoms with Gasteiger partial charge >= 0.3 is 0 Å². The fraction of sp³-hybridized carbons (Fsp3) is 0.375. The molecule has 0 saturated carbocycles. The summed E-state index contributed by atoms with van der Waals surface area (Å²) in [6, 6.07) is 7.42. The molecular weight excluding hydrogens is 294 g/mol. The summed E-state index contributed by atoms with van der Waals surface area (Å²) in [5.41, 5.74) is 0.926. The van der Waals surface area contributed by atoms with Gasteiger partial charge in [-0.1, -0.05) is 37.2 Å². The Labute approximate surface area is 133 Å². The quantitative estimate of drug-likeness (QED) is 0.782. The molecule has 2 aromatic heterocycles. The molecule has 7 heteroatoms. The molecule has 0 spiro atoms. The van der Waals surface area contributed by atoms with Crippen LogP contribution in [0.3, 0.4) is 0 Å². The number of aromatic nitrogens is 4. The molecular formula is C16H19N5O2. The molecule has 7 nitrogen and oxygen atoms in total. The topological polar surface area (TPSA) is 85.8 Å². The minimum atomic E-state index is -0.343. The van der Waals surface area contributed by atoms with Gasteiger partial charge in [-0.25, -0.2) is 0 Å². The number of benzene rings is 1. The molecule has 120 valence electrons. The predicted octanol–water partition coefficient (Wildman–Crippen LogP) is 2.42. The molecule has 0 aliphatic heterocycles. The number of fused-ring (bicyclic) bond motifs is 1. The molecule has 0 bridgehead atoms. The summed E-state index contributed by atoms with van der Waals surface area (Å²) < 4.78 is 6.87. The Hall–Kier alpha value is -2.70. The van der Waals surface area contributed by atoms with Gasteiger partial charge in [0.15, 0.2) is 5.82 Å². The van der Waals surface area contributed by atoms with E-state index in [1.54, 1.807) is 10.9 Å². The fourth-order valence-corrected chi connectivity index (χ4v) is 2.29. The first-order valence-corrected chi connectivity index (χ1v) is 7.58. The number of amides is 1. The van der Waals surface area contributed by atoms with Crippen molar-refractivity contribution in [3.05, 3.63) is 42.2 Å². The average Bonchev–Trinajstić information content (AvgIpc) is 3.15. The number of carbonyl (C=O) groups excluding carboxylic acids is 1. The second-order valence-electron chi connectivity index (χ2n) is 5.80. The molecule has 3 aromatic rings. The van der Waals surface area contributed by atoms with Crippen LogP contribution in [0.25, 0.3) is 10.9 Å². The SMILES string of the molecule is CC(C)c1noc(C(C)NC(=O)Cn2ncc3ccccc32)n1. The third kappa shape index (κ3) is 3.23. The molecule has 1 aromatic carbocycles. The first-order valence-electron chi connectivity index (χ1n) is 7.58. The van der Waals surface area contributed by atoms with E-state index in [1.807, 2.05) is 45.0 Å². The molecule has 2 heterocycles. The monoisotopic (exact) mass is 313 g/mol. The maximum Gasteiger partial charge on any atom is 0.248 e. The molecule has 1 unspecified atom stereocenters. The van der Waals surface area contributed by atoms with Crippen LogP contribution >= 0.6 is 0 Å².